The van der Waals surface area contributed by atoms with Gasteiger partial charge in [-0.05, 0) is 69.3 Å². The van der Waals surface area contributed by atoms with Gasteiger partial charge in [0.15, 0.2) is 0 Å². The van der Waals surface area contributed by atoms with Crippen LogP contribution >= 0.6 is 0 Å². The van der Waals surface area contributed by atoms with E-state index in [2.05, 4.69) is 16.0 Å². The molecule has 3 N–H and O–H groups in total. The Balaban J connectivity index is 1.73. The Morgan fingerprint density at radius 3 is 1.88 bits per heavy atom. The third-order valence-corrected chi connectivity index (χ3v) is 5.94. The van der Waals surface area contributed by atoms with Gasteiger partial charge in [-0.1, -0.05) is 26.0 Å². The SMILES string of the molecule is COc1ccc(C(=O)Nc2ccccc2NC(=O)c2ccc(OC)cc2OCC(C)(C)CNC(=O)OC(C)(C)C)cc1. The molecule has 0 bridgehead atoms. The van der Waals surface area contributed by atoms with Gasteiger partial charge in [-0.15, -0.1) is 0 Å². The maximum absolute atomic E-state index is 13.5. The predicted molar refractivity (Wildman–Crippen MR) is 162 cm³/mol. The van der Waals surface area contributed by atoms with E-state index < -0.39 is 23.0 Å². The lowest BCUT2D eigenvalue weighted by atomic mass is 9.95. The van der Waals surface area contributed by atoms with Crippen molar-refractivity contribution in [3.63, 3.8) is 0 Å². The highest BCUT2D eigenvalue weighted by Crippen LogP contribution is 2.29. The summed E-state index contributed by atoms with van der Waals surface area (Å²) in [6, 6.07) is 18.5. The molecule has 3 amide bonds. The Kier molecular flexibility index (Phi) is 10.4. The first-order valence-electron chi connectivity index (χ1n) is 13.4. The Hall–Kier alpha value is -4.73. The molecular weight excluding hydrogens is 538 g/mol. The zero-order chi connectivity index (χ0) is 30.9. The number of amides is 3. The van der Waals surface area contributed by atoms with Gasteiger partial charge in [0.2, 0.25) is 0 Å². The Morgan fingerprint density at radius 1 is 0.738 bits per heavy atom. The molecule has 0 aliphatic heterocycles. The number of rotatable bonds is 11. The monoisotopic (exact) mass is 577 g/mol. The number of carbonyl (C=O) groups is 3. The highest BCUT2D eigenvalue weighted by Gasteiger charge is 2.24. The van der Waals surface area contributed by atoms with Crippen LogP contribution < -0.4 is 30.2 Å². The number of hydrogen-bond acceptors (Lipinski definition) is 7. The topological polar surface area (TPSA) is 124 Å². The van der Waals surface area contributed by atoms with Crippen molar-refractivity contribution in [2.75, 3.05) is 38.0 Å². The van der Waals surface area contributed by atoms with Crippen molar-refractivity contribution in [3.05, 3.63) is 77.9 Å². The Bertz CT molecular complexity index is 1400. The minimum absolute atomic E-state index is 0.185. The summed E-state index contributed by atoms with van der Waals surface area (Å²) >= 11 is 0. The van der Waals surface area contributed by atoms with Gasteiger partial charge in [0.25, 0.3) is 11.8 Å². The van der Waals surface area contributed by atoms with Crippen molar-refractivity contribution in [3.8, 4) is 17.2 Å². The molecule has 0 heterocycles. The lowest BCUT2D eigenvalue weighted by Gasteiger charge is -2.27. The van der Waals surface area contributed by atoms with Crippen molar-refractivity contribution in [2.45, 2.75) is 40.2 Å². The van der Waals surface area contributed by atoms with Gasteiger partial charge in [-0.2, -0.15) is 0 Å². The predicted octanol–water partition coefficient (Wildman–Crippen LogP) is 6.14. The summed E-state index contributed by atoms with van der Waals surface area (Å²) in [6.07, 6.45) is -0.519. The highest BCUT2D eigenvalue weighted by molar-refractivity contribution is 6.10. The highest BCUT2D eigenvalue weighted by atomic mass is 16.6. The molecule has 0 aromatic heterocycles. The molecule has 0 radical (unpaired) electrons. The van der Waals surface area contributed by atoms with Crippen LogP contribution in [0.1, 0.15) is 55.3 Å². The molecule has 3 aromatic carbocycles. The quantitative estimate of drug-likeness (QED) is 0.250. The van der Waals surface area contributed by atoms with Crippen LogP contribution in [0.5, 0.6) is 17.2 Å². The van der Waals surface area contributed by atoms with Gasteiger partial charge < -0.3 is 34.9 Å². The van der Waals surface area contributed by atoms with E-state index in [1.54, 1.807) is 94.6 Å². The summed E-state index contributed by atoms with van der Waals surface area (Å²) < 4.78 is 21.9. The number of para-hydroxylation sites is 2. The first kappa shape index (κ1) is 31.8. The molecule has 0 fully saturated rings. The molecule has 10 heteroatoms. The van der Waals surface area contributed by atoms with Crippen LogP contribution in [0.2, 0.25) is 0 Å². The number of methoxy groups -OCH3 is 2. The molecule has 42 heavy (non-hydrogen) atoms. The van der Waals surface area contributed by atoms with Gasteiger partial charge >= 0.3 is 6.09 Å². The molecule has 0 spiro atoms. The molecule has 3 aromatic rings. The molecule has 224 valence electrons. The second kappa shape index (κ2) is 13.8. The average molecular weight is 578 g/mol. The minimum Gasteiger partial charge on any atom is -0.497 e. The number of hydrogen-bond donors (Lipinski definition) is 3. The zero-order valence-corrected chi connectivity index (χ0v) is 25.1. The van der Waals surface area contributed by atoms with E-state index in [1.807, 2.05) is 13.8 Å². The standard InChI is InChI=1S/C32H39N3O7/c1-31(2,3)42-30(38)33-19-32(4,5)20-41-27-18-23(40-7)16-17-24(27)29(37)35-26-11-9-8-10-25(26)34-28(36)21-12-14-22(39-6)15-13-21/h8-18H,19-20H2,1-7H3,(H,33,38)(H,34,36)(H,35,37). The van der Waals surface area contributed by atoms with Crippen LogP contribution in [0.25, 0.3) is 0 Å². The van der Waals surface area contributed by atoms with Crippen molar-refractivity contribution in [1.29, 1.82) is 0 Å². The van der Waals surface area contributed by atoms with Crippen LogP contribution in [0.3, 0.4) is 0 Å². The van der Waals surface area contributed by atoms with E-state index in [0.29, 0.717) is 34.2 Å². The third-order valence-electron chi connectivity index (χ3n) is 5.94. The number of benzene rings is 3. The molecule has 0 aliphatic rings. The van der Waals surface area contributed by atoms with Crippen molar-refractivity contribution >= 4 is 29.3 Å². The molecule has 0 saturated heterocycles. The molecular formula is C32H39N3O7. The number of anilines is 2. The fourth-order valence-electron chi connectivity index (χ4n) is 3.71. The van der Waals surface area contributed by atoms with E-state index in [0.717, 1.165) is 0 Å². The van der Waals surface area contributed by atoms with Crippen LogP contribution in [0, 0.1) is 5.41 Å². The van der Waals surface area contributed by atoms with Crippen molar-refractivity contribution in [1.82, 2.24) is 5.32 Å². The van der Waals surface area contributed by atoms with E-state index >= 15 is 0 Å². The second-order valence-corrected chi connectivity index (χ2v) is 11.4. The normalized spacial score (nSPS) is 11.2. The van der Waals surface area contributed by atoms with Gasteiger partial charge in [0.1, 0.15) is 22.8 Å². The third kappa shape index (κ3) is 9.43. The molecule has 0 aliphatic carbocycles. The largest absolute Gasteiger partial charge is 0.497 e. The van der Waals surface area contributed by atoms with Gasteiger partial charge in [0.05, 0.1) is 37.8 Å². The fraction of sp³-hybridized carbons (Fsp3) is 0.344. The van der Waals surface area contributed by atoms with Crippen LogP contribution in [-0.4, -0.2) is 50.9 Å². The van der Waals surface area contributed by atoms with Crippen LogP contribution in [-0.2, 0) is 4.74 Å². The summed E-state index contributed by atoms with van der Waals surface area (Å²) in [5, 5.41) is 8.48. The molecule has 3 rings (SSSR count). The van der Waals surface area contributed by atoms with Crippen LogP contribution in [0.15, 0.2) is 66.7 Å². The summed E-state index contributed by atoms with van der Waals surface area (Å²) in [7, 11) is 3.08. The molecule has 0 unspecified atom stereocenters. The van der Waals surface area contributed by atoms with Crippen molar-refractivity contribution < 1.29 is 33.3 Å². The lowest BCUT2D eigenvalue weighted by molar-refractivity contribution is 0.0492. The van der Waals surface area contributed by atoms with E-state index in [4.69, 9.17) is 18.9 Å². The van der Waals surface area contributed by atoms with Crippen LogP contribution in [0.4, 0.5) is 16.2 Å². The Labute approximate surface area is 246 Å². The first-order chi connectivity index (χ1) is 19.8. The summed E-state index contributed by atoms with van der Waals surface area (Å²) in [4.78, 5) is 38.4. The second-order valence-electron chi connectivity index (χ2n) is 11.4. The molecule has 10 nitrogen and oxygen atoms in total. The summed E-state index contributed by atoms with van der Waals surface area (Å²) in [5.41, 5.74) is 0.441. The maximum atomic E-state index is 13.5. The number of alkyl carbamates (subject to hydrolysis) is 1. The maximum Gasteiger partial charge on any atom is 0.407 e. The van der Waals surface area contributed by atoms with Crippen molar-refractivity contribution in [2.24, 2.45) is 5.41 Å². The number of carbonyl (C=O) groups excluding carboxylic acids is 3. The number of nitrogens with one attached hydrogen (secondary N) is 3. The van der Waals surface area contributed by atoms with E-state index in [-0.39, 0.29) is 24.6 Å². The van der Waals surface area contributed by atoms with E-state index in [1.165, 1.54) is 7.11 Å². The fourth-order valence-corrected chi connectivity index (χ4v) is 3.71. The minimum atomic E-state index is -0.606. The summed E-state index contributed by atoms with van der Waals surface area (Å²) in [6.45, 7) is 9.70. The van der Waals surface area contributed by atoms with E-state index in [9.17, 15) is 14.4 Å². The zero-order valence-electron chi connectivity index (χ0n) is 25.1. The smallest absolute Gasteiger partial charge is 0.407 e. The Morgan fingerprint density at radius 2 is 1.31 bits per heavy atom. The summed E-state index contributed by atoms with van der Waals surface area (Å²) in [5.74, 6) is 0.674. The molecule has 0 saturated carbocycles. The first-order valence-corrected chi connectivity index (χ1v) is 13.4. The van der Waals surface area contributed by atoms with Gasteiger partial charge in [-0.25, -0.2) is 4.79 Å². The van der Waals surface area contributed by atoms with Gasteiger partial charge in [0, 0.05) is 23.6 Å². The molecule has 0 atom stereocenters. The lowest BCUT2D eigenvalue weighted by Crippen LogP contribution is -2.40. The average Bonchev–Trinajstić information content (AvgIpc) is 2.95. The van der Waals surface area contributed by atoms with Gasteiger partial charge in [-0.3, -0.25) is 9.59 Å². The number of ether oxygens (including phenoxy) is 4.